The zero-order chi connectivity index (χ0) is 25.9. The highest BCUT2D eigenvalue weighted by Crippen LogP contribution is 2.47. The number of likely N-dealkylation sites (tertiary alicyclic amines) is 1. The van der Waals surface area contributed by atoms with E-state index in [1.807, 2.05) is 9.80 Å². The van der Waals surface area contributed by atoms with E-state index >= 15 is 0 Å². The summed E-state index contributed by atoms with van der Waals surface area (Å²) in [4.78, 5) is 35.6. The van der Waals surface area contributed by atoms with Crippen molar-refractivity contribution >= 4 is 29.3 Å². The first kappa shape index (κ1) is 27.3. The van der Waals surface area contributed by atoms with E-state index in [-0.39, 0.29) is 40.9 Å². The molecule has 200 valence electrons. The first-order valence-corrected chi connectivity index (χ1v) is 14.5. The molecule has 7 nitrogen and oxygen atoms in total. The Morgan fingerprint density at radius 1 is 1.06 bits per heavy atom. The van der Waals surface area contributed by atoms with E-state index in [4.69, 9.17) is 0 Å². The number of rotatable bonds is 7. The summed E-state index contributed by atoms with van der Waals surface area (Å²) >= 11 is 1.66. The molecule has 3 heterocycles. The van der Waals surface area contributed by atoms with Crippen molar-refractivity contribution in [3.05, 3.63) is 29.8 Å². The summed E-state index contributed by atoms with van der Waals surface area (Å²) in [6.07, 6.45) is 2.85. The van der Waals surface area contributed by atoms with Gasteiger partial charge in [0.15, 0.2) is 0 Å². The fraction of sp³-hybridized carbons (Fsp3) is 0.714. The summed E-state index contributed by atoms with van der Waals surface area (Å²) in [6, 6.07) is 8.53. The van der Waals surface area contributed by atoms with Gasteiger partial charge in [0.1, 0.15) is 5.37 Å². The van der Waals surface area contributed by atoms with Crippen molar-refractivity contribution in [1.82, 2.24) is 14.7 Å². The van der Waals surface area contributed by atoms with Gasteiger partial charge in [0, 0.05) is 70.1 Å². The highest BCUT2D eigenvalue weighted by Gasteiger charge is 2.43. The second-order valence-corrected chi connectivity index (χ2v) is 13.2. The quantitative estimate of drug-likeness (QED) is 0.599. The van der Waals surface area contributed by atoms with Crippen molar-refractivity contribution in [2.75, 3.05) is 64.4 Å². The third kappa shape index (κ3) is 6.56. The minimum Gasteiger partial charge on any atom is -0.396 e. The lowest BCUT2D eigenvalue weighted by Crippen LogP contribution is -2.45. The Kier molecular flexibility index (Phi) is 8.89. The molecule has 3 aliphatic rings. The predicted molar refractivity (Wildman–Crippen MR) is 147 cm³/mol. The Bertz CT molecular complexity index is 904. The number of piperidine rings is 1. The molecular formula is C28H44N4O3S. The van der Waals surface area contributed by atoms with Crippen molar-refractivity contribution in [2.45, 2.75) is 57.1 Å². The third-order valence-corrected chi connectivity index (χ3v) is 9.33. The van der Waals surface area contributed by atoms with Gasteiger partial charge in [-0.25, -0.2) is 0 Å². The molecule has 0 aliphatic carbocycles. The molecule has 3 fully saturated rings. The van der Waals surface area contributed by atoms with Crippen LogP contribution < -0.4 is 4.90 Å². The van der Waals surface area contributed by atoms with Gasteiger partial charge in [0.25, 0.3) is 0 Å². The van der Waals surface area contributed by atoms with Crippen LogP contribution in [0.1, 0.15) is 57.4 Å². The van der Waals surface area contributed by atoms with E-state index in [1.165, 1.54) is 11.3 Å². The number of anilines is 1. The second kappa shape index (κ2) is 11.7. The fourth-order valence-corrected chi connectivity index (χ4v) is 6.84. The summed E-state index contributed by atoms with van der Waals surface area (Å²) in [5.41, 5.74) is 2.53. The van der Waals surface area contributed by atoms with Gasteiger partial charge in [-0.15, -0.1) is 11.8 Å². The molecule has 0 saturated carbocycles. The minimum absolute atomic E-state index is 0.0704. The van der Waals surface area contributed by atoms with E-state index in [2.05, 4.69) is 61.9 Å². The van der Waals surface area contributed by atoms with Gasteiger partial charge in [-0.3, -0.25) is 9.59 Å². The van der Waals surface area contributed by atoms with Crippen molar-refractivity contribution in [1.29, 1.82) is 0 Å². The first-order chi connectivity index (χ1) is 17.2. The second-order valence-electron chi connectivity index (χ2n) is 11.9. The molecule has 1 N–H and O–H groups in total. The summed E-state index contributed by atoms with van der Waals surface area (Å²) in [6.45, 7) is 12.9. The standard InChI is InChI=1S/C28H44N4O3S/c1-28(2,3)11-14-32-26(35)24(19-25(34)31-12-9-21(20-33)10-13-31)36-27(32)22-7-5-6-8-23(22)30-17-15-29(4)16-18-30/h5-8,21,24,27,33H,9-20H2,1-4H3. The molecule has 0 bridgehead atoms. The largest absolute Gasteiger partial charge is 0.396 e. The molecule has 0 spiro atoms. The molecular weight excluding hydrogens is 472 g/mol. The van der Waals surface area contributed by atoms with E-state index in [0.717, 1.165) is 45.4 Å². The molecule has 2 amide bonds. The van der Waals surface area contributed by atoms with Crippen LogP contribution in [0, 0.1) is 11.3 Å². The van der Waals surface area contributed by atoms with Gasteiger partial charge < -0.3 is 24.7 Å². The molecule has 36 heavy (non-hydrogen) atoms. The van der Waals surface area contributed by atoms with Crippen molar-refractivity contribution in [2.24, 2.45) is 11.3 Å². The number of piperazine rings is 1. The topological polar surface area (TPSA) is 67.3 Å². The molecule has 8 heteroatoms. The van der Waals surface area contributed by atoms with Gasteiger partial charge in [0.2, 0.25) is 11.8 Å². The lowest BCUT2D eigenvalue weighted by molar-refractivity contribution is -0.137. The third-order valence-electron chi connectivity index (χ3n) is 7.87. The maximum absolute atomic E-state index is 13.7. The van der Waals surface area contributed by atoms with Gasteiger partial charge in [-0.1, -0.05) is 39.0 Å². The Labute approximate surface area is 221 Å². The summed E-state index contributed by atoms with van der Waals surface area (Å²) in [7, 11) is 2.16. The van der Waals surface area contributed by atoms with Gasteiger partial charge >= 0.3 is 0 Å². The van der Waals surface area contributed by atoms with E-state index < -0.39 is 0 Å². The molecule has 0 radical (unpaired) electrons. The zero-order valence-corrected chi connectivity index (χ0v) is 23.3. The number of para-hydroxylation sites is 1. The molecule has 2 unspecified atom stereocenters. The predicted octanol–water partition coefficient (Wildman–Crippen LogP) is 3.44. The van der Waals surface area contributed by atoms with Crippen LogP contribution in [-0.4, -0.2) is 96.3 Å². The lowest BCUT2D eigenvalue weighted by Gasteiger charge is -2.37. The number of hydrogen-bond acceptors (Lipinski definition) is 6. The van der Waals surface area contributed by atoms with Crippen LogP contribution in [0.3, 0.4) is 0 Å². The molecule has 4 rings (SSSR count). The number of hydrogen-bond donors (Lipinski definition) is 1. The van der Waals surface area contributed by atoms with E-state index in [1.54, 1.807) is 11.8 Å². The number of benzene rings is 1. The molecule has 1 aromatic carbocycles. The SMILES string of the molecule is CN1CCN(c2ccccc2C2SC(CC(=O)N3CCC(CO)CC3)C(=O)N2CCC(C)(C)C)CC1. The molecule has 3 saturated heterocycles. The smallest absolute Gasteiger partial charge is 0.237 e. The maximum atomic E-state index is 13.7. The number of thioether (sulfide) groups is 1. The highest BCUT2D eigenvalue weighted by atomic mass is 32.2. The Balaban J connectivity index is 1.53. The lowest BCUT2D eigenvalue weighted by atomic mass is 9.92. The van der Waals surface area contributed by atoms with Crippen LogP contribution in [0.15, 0.2) is 24.3 Å². The summed E-state index contributed by atoms with van der Waals surface area (Å²) in [5.74, 6) is 0.460. The molecule has 2 atom stereocenters. The Morgan fingerprint density at radius 2 is 1.72 bits per heavy atom. The number of carbonyl (C=O) groups is 2. The number of aliphatic hydroxyl groups is 1. The summed E-state index contributed by atoms with van der Waals surface area (Å²) in [5, 5.41) is 9.00. The minimum atomic E-state index is -0.349. The fourth-order valence-electron chi connectivity index (χ4n) is 5.33. The number of likely N-dealkylation sites (N-methyl/N-ethyl adjacent to an activating group) is 1. The first-order valence-electron chi connectivity index (χ1n) is 13.5. The van der Waals surface area contributed by atoms with Gasteiger partial charge in [0.05, 0.1) is 5.25 Å². The van der Waals surface area contributed by atoms with Crippen LogP contribution in [0.2, 0.25) is 0 Å². The summed E-state index contributed by atoms with van der Waals surface area (Å²) < 4.78 is 0. The van der Waals surface area contributed by atoms with Crippen LogP contribution in [0.4, 0.5) is 5.69 Å². The Hall–Kier alpha value is -1.77. The molecule has 3 aliphatic heterocycles. The monoisotopic (exact) mass is 516 g/mol. The van der Waals surface area contributed by atoms with Crippen molar-refractivity contribution < 1.29 is 14.7 Å². The molecule has 0 aromatic heterocycles. The van der Waals surface area contributed by atoms with E-state index in [9.17, 15) is 14.7 Å². The van der Waals surface area contributed by atoms with Crippen molar-refractivity contribution in [3.8, 4) is 0 Å². The highest BCUT2D eigenvalue weighted by molar-refractivity contribution is 8.01. The van der Waals surface area contributed by atoms with Crippen LogP contribution in [-0.2, 0) is 9.59 Å². The zero-order valence-electron chi connectivity index (χ0n) is 22.5. The Morgan fingerprint density at radius 3 is 2.36 bits per heavy atom. The van der Waals surface area contributed by atoms with E-state index in [0.29, 0.717) is 25.6 Å². The molecule has 1 aromatic rings. The average Bonchev–Trinajstić information content (AvgIpc) is 3.17. The van der Waals surface area contributed by atoms with Crippen LogP contribution in [0.5, 0.6) is 0 Å². The van der Waals surface area contributed by atoms with Gasteiger partial charge in [-0.05, 0) is 43.7 Å². The number of amides is 2. The number of aliphatic hydroxyl groups excluding tert-OH is 1. The van der Waals surface area contributed by atoms with Gasteiger partial charge in [-0.2, -0.15) is 0 Å². The van der Waals surface area contributed by atoms with Crippen LogP contribution >= 0.6 is 11.8 Å². The average molecular weight is 517 g/mol. The number of nitrogens with zero attached hydrogens (tertiary/aromatic N) is 4. The maximum Gasteiger partial charge on any atom is 0.237 e. The number of carbonyl (C=O) groups excluding carboxylic acids is 2. The van der Waals surface area contributed by atoms with Crippen LogP contribution in [0.25, 0.3) is 0 Å². The normalized spacial score (nSPS) is 24.6. The van der Waals surface area contributed by atoms with Crippen molar-refractivity contribution in [3.63, 3.8) is 0 Å².